The van der Waals surface area contributed by atoms with E-state index in [0.717, 1.165) is 60.5 Å². The highest BCUT2D eigenvalue weighted by molar-refractivity contribution is 6.19. The molecule has 0 bridgehead atoms. The number of hydrogen-bond acceptors (Lipinski definition) is 3. The maximum absolute atomic E-state index is 14.0. The zero-order chi connectivity index (χ0) is 31.1. The van der Waals surface area contributed by atoms with Crippen molar-refractivity contribution in [2.24, 2.45) is 0 Å². The lowest BCUT2D eigenvalue weighted by Crippen LogP contribution is -2.20. The van der Waals surface area contributed by atoms with Crippen LogP contribution in [0.1, 0.15) is 0 Å². The Morgan fingerprint density at radius 3 is 1.49 bits per heavy atom. The van der Waals surface area contributed by atoms with Crippen LogP contribution in [0.4, 0.5) is 0 Å². The molecule has 0 saturated carbocycles. The molecule has 0 unspecified atom stereocenters. The van der Waals surface area contributed by atoms with E-state index in [4.69, 9.17) is 9.97 Å². The van der Waals surface area contributed by atoms with Crippen LogP contribution >= 0.6 is 0 Å². The number of hydrogen-bond donors (Lipinski definition) is 0. The molecule has 47 heavy (non-hydrogen) atoms. The van der Waals surface area contributed by atoms with Gasteiger partial charge in [0.2, 0.25) is 5.95 Å². The van der Waals surface area contributed by atoms with Crippen molar-refractivity contribution in [1.82, 2.24) is 23.7 Å². The quantitative estimate of drug-likeness (QED) is 0.189. The second kappa shape index (κ2) is 9.73. The second-order valence-electron chi connectivity index (χ2n) is 11.9. The molecule has 0 amide bonds. The Balaban J connectivity index is 1.31. The molecule has 4 heterocycles. The molecule has 6 aromatic carbocycles. The van der Waals surface area contributed by atoms with Crippen molar-refractivity contribution in [3.8, 4) is 17.3 Å². The van der Waals surface area contributed by atoms with E-state index in [1.165, 1.54) is 5.39 Å². The SMILES string of the molecule is O=c1c2cnc(-n3c4ccccc4c4cc5c(cc43)c3ccccc3n5-c3ccccc3)nc2c2ccccc2n1-c1ccccc1. The van der Waals surface area contributed by atoms with Gasteiger partial charge < -0.3 is 4.57 Å². The van der Waals surface area contributed by atoms with Crippen molar-refractivity contribution in [1.29, 1.82) is 0 Å². The third kappa shape index (κ3) is 3.64. The molecule has 0 N–H and O–H groups in total. The second-order valence-corrected chi connectivity index (χ2v) is 11.9. The van der Waals surface area contributed by atoms with Crippen molar-refractivity contribution in [3.63, 3.8) is 0 Å². The molecule has 0 fully saturated rings. The maximum atomic E-state index is 14.0. The van der Waals surface area contributed by atoms with Crippen LogP contribution in [0.25, 0.3) is 82.7 Å². The lowest BCUT2D eigenvalue weighted by Gasteiger charge is -2.14. The molecule has 6 nitrogen and oxygen atoms in total. The van der Waals surface area contributed by atoms with E-state index in [0.29, 0.717) is 16.9 Å². The summed E-state index contributed by atoms with van der Waals surface area (Å²) < 4.78 is 6.22. The highest BCUT2D eigenvalue weighted by atomic mass is 16.1. The Bertz CT molecular complexity index is 2920. The van der Waals surface area contributed by atoms with E-state index >= 15 is 0 Å². The van der Waals surface area contributed by atoms with E-state index in [1.54, 1.807) is 10.8 Å². The summed E-state index contributed by atoms with van der Waals surface area (Å²) >= 11 is 0. The van der Waals surface area contributed by atoms with Gasteiger partial charge in [-0.25, -0.2) is 9.97 Å². The average Bonchev–Trinajstić information content (AvgIpc) is 3.63. The van der Waals surface area contributed by atoms with Crippen molar-refractivity contribution in [2.75, 3.05) is 0 Å². The van der Waals surface area contributed by atoms with Crippen LogP contribution in [0.2, 0.25) is 0 Å². The van der Waals surface area contributed by atoms with E-state index in [2.05, 4.69) is 88.0 Å². The van der Waals surface area contributed by atoms with Crippen LogP contribution in [-0.4, -0.2) is 23.7 Å². The Hall–Kier alpha value is -6.53. The molecule has 0 aliphatic rings. The molecule has 0 saturated heterocycles. The van der Waals surface area contributed by atoms with Gasteiger partial charge in [-0.1, -0.05) is 91.0 Å². The first kappa shape index (κ1) is 25.8. The molecule has 220 valence electrons. The summed E-state index contributed by atoms with van der Waals surface area (Å²) in [5.41, 5.74) is 7.53. The normalized spacial score (nSPS) is 11.9. The number of fused-ring (bicyclic) bond motifs is 9. The lowest BCUT2D eigenvalue weighted by atomic mass is 10.1. The van der Waals surface area contributed by atoms with Gasteiger partial charge >= 0.3 is 0 Å². The minimum Gasteiger partial charge on any atom is -0.309 e. The average molecular weight is 604 g/mol. The largest absolute Gasteiger partial charge is 0.309 e. The topological polar surface area (TPSA) is 57.6 Å². The molecule has 0 spiro atoms. The predicted molar refractivity (Wildman–Crippen MR) is 191 cm³/mol. The van der Waals surface area contributed by atoms with E-state index in [1.807, 2.05) is 66.7 Å². The summed E-state index contributed by atoms with van der Waals surface area (Å²) in [4.78, 5) is 24.1. The van der Waals surface area contributed by atoms with Crippen LogP contribution in [0.15, 0.2) is 157 Å². The molecule has 0 atom stereocenters. The minimum atomic E-state index is -0.144. The predicted octanol–water partition coefficient (Wildman–Crippen LogP) is 9.13. The van der Waals surface area contributed by atoms with Gasteiger partial charge in [0.15, 0.2) is 0 Å². The fourth-order valence-electron chi connectivity index (χ4n) is 7.28. The summed E-state index contributed by atoms with van der Waals surface area (Å²) in [6, 6.07) is 49.7. The van der Waals surface area contributed by atoms with Crippen LogP contribution in [0.3, 0.4) is 0 Å². The molecule has 6 heteroatoms. The molecule has 0 aliphatic heterocycles. The van der Waals surface area contributed by atoms with Gasteiger partial charge in [0.05, 0.1) is 38.5 Å². The van der Waals surface area contributed by atoms with Crippen molar-refractivity contribution in [2.45, 2.75) is 0 Å². The van der Waals surface area contributed by atoms with Crippen LogP contribution < -0.4 is 5.56 Å². The Kier molecular flexibility index (Phi) is 5.33. The summed E-state index contributed by atoms with van der Waals surface area (Å²) in [6.45, 7) is 0. The number of pyridine rings is 1. The Morgan fingerprint density at radius 1 is 0.404 bits per heavy atom. The molecular formula is C41H25N5O. The van der Waals surface area contributed by atoms with Crippen LogP contribution in [0.5, 0.6) is 0 Å². The molecule has 10 aromatic rings. The van der Waals surface area contributed by atoms with Gasteiger partial charge in [-0.2, -0.15) is 0 Å². The third-order valence-corrected chi connectivity index (χ3v) is 9.30. The first-order valence-electron chi connectivity index (χ1n) is 15.6. The summed E-state index contributed by atoms with van der Waals surface area (Å²) in [7, 11) is 0. The fourth-order valence-corrected chi connectivity index (χ4v) is 7.28. The van der Waals surface area contributed by atoms with Crippen molar-refractivity contribution >= 4 is 65.4 Å². The number of para-hydroxylation sites is 5. The Morgan fingerprint density at radius 2 is 0.872 bits per heavy atom. The Labute approximate surface area is 268 Å². The van der Waals surface area contributed by atoms with Gasteiger partial charge in [0, 0.05) is 44.5 Å². The highest BCUT2D eigenvalue weighted by Crippen LogP contribution is 2.39. The third-order valence-electron chi connectivity index (χ3n) is 9.30. The summed E-state index contributed by atoms with van der Waals surface area (Å²) in [6.07, 6.45) is 1.69. The van der Waals surface area contributed by atoms with Gasteiger partial charge in [-0.15, -0.1) is 0 Å². The number of rotatable bonds is 3. The minimum absolute atomic E-state index is 0.144. The molecule has 0 aliphatic carbocycles. The lowest BCUT2D eigenvalue weighted by molar-refractivity contribution is 1.00. The smallest absolute Gasteiger partial charge is 0.266 e. The maximum Gasteiger partial charge on any atom is 0.266 e. The first-order chi connectivity index (χ1) is 23.3. The molecule has 10 rings (SSSR count). The first-order valence-corrected chi connectivity index (χ1v) is 15.6. The van der Waals surface area contributed by atoms with E-state index in [-0.39, 0.29) is 5.56 Å². The van der Waals surface area contributed by atoms with E-state index < -0.39 is 0 Å². The van der Waals surface area contributed by atoms with E-state index in [9.17, 15) is 4.79 Å². The van der Waals surface area contributed by atoms with Crippen molar-refractivity contribution in [3.05, 3.63) is 162 Å². The zero-order valence-corrected chi connectivity index (χ0v) is 25.1. The number of nitrogens with zero attached hydrogens (tertiary/aromatic N) is 5. The van der Waals surface area contributed by atoms with Crippen LogP contribution in [-0.2, 0) is 0 Å². The monoisotopic (exact) mass is 603 g/mol. The molecule has 4 aromatic heterocycles. The van der Waals surface area contributed by atoms with Gasteiger partial charge in [0.1, 0.15) is 0 Å². The number of aromatic nitrogens is 5. The molecular weight excluding hydrogens is 578 g/mol. The van der Waals surface area contributed by atoms with Gasteiger partial charge in [-0.05, 0) is 54.6 Å². The molecule has 0 radical (unpaired) electrons. The van der Waals surface area contributed by atoms with Crippen LogP contribution in [0, 0.1) is 0 Å². The number of benzene rings is 6. The standard InChI is InChI=1S/C41H25N5O/c47-40-33-25-42-41(43-39(33)30-19-9-12-22-36(30)45(40)27-15-5-2-6-16-27)46-35-21-11-8-18-29(35)32-23-37-31(24-38(32)46)28-17-7-10-20-34(28)44(37)26-13-3-1-4-14-26/h1-25H. The fraction of sp³-hybridized carbons (Fsp3) is 0. The zero-order valence-electron chi connectivity index (χ0n) is 25.1. The van der Waals surface area contributed by atoms with Gasteiger partial charge in [-0.3, -0.25) is 13.9 Å². The highest BCUT2D eigenvalue weighted by Gasteiger charge is 2.21. The summed E-state index contributed by atoms with van der Waals surface area (Å²) in [5, 5.41) is 5.92. The van der Waals surface area contributed by atoms with Crippen molar-refractivity contribution < 1.29 is 0 Å². The van der Waals surface area contributed by atoms with Gasteiger partial charge in [0.25, 0.3) is 5.56 Å². The summed E-state index contributed by atoms with van der Waals surface area (Å²) in [5.74, 6) is 0.525.